The van der Waals surface area contributed by atoms with Gasteiger partial charge in [-0.25, -0.2) is 8.42 Å². The Kier molecular flexibility index (Phi) is 4.82. The van der Waals surface area contributed by atoms with Crippen LogP contribution < -0.4 is 10.1 Å². The van der Waals surface area contributed by atoms with Crippen LogP contribution in [0, 0.1) is 0 Å². The maximum Gasteiger partial charge on any atom is 0.154 e. The van der Waals surface area contributed by atoms with Crippen molar-refractivity contribution in [3.63, 3.8) is 0 Å². The summed E-state index contributed by atoms with van der Waals surface area (Å²) in [5.74, 6) is 0.987. The third-order valence-corrected chi connectivity index (χ3v) is 5.76. The first-order chi connectivity index (χ1) is 9.12. The Morgan fingerprint density at radius 3 is 2.95 bits per heavy atom. The molecule has 5 heteroatoms. The molecular formula is C14H21NO3S. The van der Waals surface area contributed by atoms with Crippen LogP contribution in [0.5, 0.6) is 5.75 Å². The van der Waals surface area contributed by atoms with Gasteiger partial charge in [0.05, 0.1) is 18.1 Å². The number of sulfone groups is 1. The number of benzene rings is 1. The van der Waals surface area contributed by atoms with Gasteiger partial charge in [-0.3, -0.25) is 0 Å². The highest BCUT2D eigenvalue weighted by Crippen LogP contribution is 2.17. The van der Waals surface area contributed by atoms with E-state index in [1.807, 2.05) is 24.3 Å². The Bertz CT molecular complexity index is 507. The molecule has 106 valence electrons. The normalized spacial score (nSPS) is 20.2. The van der Waals surface area contributed by atoms with Crippen molar-refractivity contribution in [3.05, 3.63) is 29.8 Å². The highest BCUT2D eigenvalue weighted by Gasteiger charge is 2.26. The summed E-state index contributed by atoms with van der Waals surface area (Å²) in [5, 5.41) is 2.94. The van der Waals surface area contributed by atoms with Crippen LogP contribution in [-0.4, -0.2) is 39.6 Å². The lowest BCUT2D eigenvalue weighted by molar-refractivity contribution is 0.414. The molecule has 1 N–H and O–H groups in total. The van der Waals surface area contributed by atoms with Gasteiger partial charge in [0.15, 0.2) is 9.84 Å². The molecule has 1 heterocycles. The van der Waals surface area contributed by atoms with E-state index >= 15 is 0 Å². The van der Waals surface area contributed by atoms with Crippen molar-refractivity contribution in [2.45, 2.75) is 24.5 Å². The summed E-state index contributed by atoms with van der Waals surface area (Å²) >= 11 is 0. The second kappa shape index (κ2) is 6.39. The molecule has 1 aliphatic heterocycles. The van der Waals surface area contributed by atoms with Crippen molar-refractivity contribution in [1.29, 1.82) is 0 Å². The van der Waals surface area contributed by atoms with E-state index in [1.54, 1.807) is 7.11 Å². The zero-order valence-electron chi connectivity index (χ0n) is 11.3. The van der Waals surface area contributed by atoms with E-state index in [4.69, 9.17) is 4.74 Å². The first-order valence-corrected chi connectivity index (χ1v) is 8.38. The van der Waals surface area contributed by atoms with Crippen LogP contribution in [0.15, 0.2) is 24.3 Å². The molecule has 4 nitrogen and oxygen atoms in total. The molecule has 1 aliphatic rings. The largest absolute Gasteiger partial charge is 0.497 e. The van der Waals surface area contributed by atoms with E-state index < -0.39 is 9.84 Å². The van der Waals surface area contributed by atoms with Crippen LogP contribution in [0.2, 0.25) is 0 Å². The molecule has 1 saturated heterocycles. The van der Waals surface area contributed by atoms with Gasteiger partial charge in [0.25, 0.3) is 0 Å². The van der Waals surface area contributed by atoms with Crippen molar-refractivity contribution >= 4 is 9.84 Å². The van der Waals surface area contributed by atoms with Crippen LogP contribution in [0.4, 0.5) is 0 Å². The number of rotatable bonds is 5. The van der Waals surface area contributed by atoms with Crippen molar-refractivity contribution in [2.24, 2.45) is 0 Å². The fourth-order valence-corrected chi connectivity index (χ4v) is 4.13. The minimum Gasteiger partial charge on any atom is -0.497 e. The number of aryl methyl sites for hydroxylation is 1. The lowest BCUT2D eigenvalue weighted by atomic mass is 10.2. The number of nitrogens with one attached hydrogen (secondary N) is 1. The van der Waals surface area contributed by atoms with Gasteiger partial charge < -0.3 is 10.1 Å². The molecule has 0 aliphatic carbocycles. The summed E-state index contributed by atoms with van der Waals surface area (Å²) in [6.45, 7) is 1.53. The monoisotopic (exact) mass is 283 g/mol. The number of methoxy groups -OCH3 is 1. The lowest BCUT2D eigenvalue weighted by Crippen LogP contribution is -2.40. The Hall–Kier alpha value is -1.07. The molecule has 19 heavy (non-hydrogen) atoms. The Labute approximate surface area is 115 Å². The highest BCUT2D eigenvalue weighted by atomic mass is 32.2. The second-order valence-corrected chi connectivity index (χ2v) is 7.34. The molecular weight excluding hydrogens is 262 g/mol. The van der Waals surface area contributed by atoms with Gasteiger partial charge in [0, 0.05) is 6.54 Å². The van der Waals surface area contributed by atoms with Gasteiger partial charge in [-0.15, -0.1) is 0 Å². The SMILES string of the molecule is COc1cccc(CCS(=O)(=O)C2CCCNC2)c1. The minimum absolute atomic E-state index is 0.215. The predicted octanol–water partition coefficient (Wildman–Crippen LogP) is 1.40. The fourth-order valence-electron chi connectivity index (χ4n) is 2.38. The molecule has 1 fully saturated rings. The molecule has 1 unspecified atom stereocenters. The van der Waals surface area contributed by atoms with E-state index in [1.165, 1.54) is 0 Å². The zero-order chi connectivity index (χ0) is 13.7. The third-order valence-electron chi connectivity index (χ3n) is 3.57. The Morgan fingerprint density at radius 1 is 1.42 bits per heavy atom. The number of piperidine rings is 1. The average Bonchev–Trinajstić information content (AvgIpc) is 2.46. The maximum atomic E-state index is 12.2. The Morgan fingerprint density at radius 2 is 2.26 bits per heavy atom. The van der Waals surface area contributed by atoms with E-state index in [2.05, 4.69) is 5.32 Å². The molecule has 0 amide bonds. The third kappa shape index (κ3) is 3.94. The molecule has 1 aromatic carbocycles. The number of hydrogen-bond donors (Lipinski definition) is 1. The lowest BCUT2D eigenvalue weighted by Gasteiger charge is -2.22. The standard InChI is InChI=1S/C14H21NO3S/c1-18-13-5-2-4-12(10-13)7-9-19(16,17)14-6-3-8-15-11-14/h2,4-5,10,14-15H,3,6-9,11H2,1H3. The molecule has 1 aromatic rings. The van der Waals surface area contributed by atoms with Crippen LogP contribution in [0.3, 0.4) is 0 Å². The van der Waals surface area contributed by atoms with Crippen molar-refractivity contribution < 1.29 is 13.2 Å². The quantitative estimate of drug-likeness (QED) is 0.887. The van der Waals surface area contributed by atoms with Gasteiger partial charge in [-0.2, -0.15) is 0 Å². The number of hydrogen-bond acceptors (Lipinski definition) is 4. The van der Waals surface area contributed by atoms with Gasteiger partial charge in [-0.1, -0.05) is 12.1 Å². The van der Waals surface area contributed by atoms with E-state index in [0.717, 1.165) is 30.7 Å². The second-order valence-electron chi connectivity index (χ2n) is 4.94. The van der Waals surface area contributed by atoms with Gasteiger partial charge in [0.1, 0.15) is 5.75 Å². The summed E-state index contributed by atoms with van der Waals surface area (Å²) in [4.78, 5) is 0. The summed E-state index contributed by atoms with van der Waals surface area (Å²) in [5.41, 5.74) is 1.01. The van der Waals surface area contributed by atoms with Crippen molar-refractivity contribution in [1.82, 2.24) is 5.32 Å². The molecule has 2 rings (SSSR count). The smallest absolute Gasteiger partial charge is 0.154 e. The van der Waals surface area contributed by atoms with E-state index in [0.29, 0.717) is 13.0 Å². The molecule has 0 bridgehead atoms. The molecule has 0 saturated carbocycles. The molecule has 1 atom stereocenters. The summed E-state index contributed by atoms with van der Waals surface area (Å²) in [6, 6.07) is 7.60. The summed E-state index contributed by atoms with van der Waals surface area (Å²) < 4.78 is 29.6. The topological polar surface area (TPSA) is 55.4 Å². The molecule has 0 aromatic heterocycles. The van der Waals surface area contributed by atoms with E-state index in [-0.39, 0.29) is 11.0 Å². The van der Waals surface area contributed by atoms with Crippen LogP contribution in [0.1, 0.15) is 18.4 Å². The summed E-state index contributed by atoms with van der Waals surface area (Å²) in [7, 11) is -1.39. The Balaban J connectivity index is 1.96. The van der Waals surface area contributed by atoms with Crippen LogP contribution in [-0.2, 0) is 16.3 Å². The molecule has 0 spiro atoms. The average molecular weight is 283 g/mol. The predicted molar refractivity (Wildman–Crippen MR) is 76.4 cm³/mol. The first-order valence-electron chi connectivity index (χ1n) is 6.67. The minimum atomic E-state index is -3.00. The fraction of sp³-hybridized carbons (Fsp3) is 0.571. The van der Waals surface area contributed by atoms with Gasteiger partial charge >= 0.3 is 0 Å². The van der Waals surface area contributed by atoms with Crippen molar-refractivity contribution in [3.8, 4) is 5.75 Å². The van der Waals surface area contributed by atoms with Crippen LogP contribution >= 0.6 is 0 Å². The van der Waals surface area contributed by atoms with Crippen LogP contribution in [0.25, 0.3) is 0 Å². The highest BCUT2D eigenvalue weighted by molar-refractivity contribution is 7.92. The number of ether oxygens (including phenoxy) is 1. The first kappa shape index (κ1) is 14.3. The van der Waals surface area contributed by atoms with E-state index in [9.17, 15) is 8.42 Å². The van der Waals surface area contributed by atoms with Gasteiger partial charge in [0.2, 0.25) is 0 Å². The van der Waals surface area contributed by atoms with Crippen molar-refractivity contribution in [2.75, 3.05) is 26.0 Å². The van der Waals surface area contributed by atoms with Gasteiger partial charge in [-0.05, 0) is 43.5 Å². The molecule has 0 radical (unpaired) electrons. The summed E-state index contributed by atoms with van der Waals surface area (Å²) in [6.07, 6.45) is 2.28. The maximum absolute atomic E-state index is 12.2. The zero-order valence-corrected chi connectivity index (χ0v) is 12.1.